The summed E-state index contributed by atoms with van der Waals surface area (Å²) in [5.74, 6) is 1.01. The van der Waals surface area contributed by atoms with Gasteiger partial charge in [-0.2, -0.15) is 5.26 Å². The zero-order valence-corrected chi connectivity index (χ0v) is 8.72. The quantitative estimate of drug-likeness (QED) is 0.774. The highest BCUT2D eigenvalue weighted by Gasteiger charge is 1.91. The fraction of sp³-hybridized carbons (Fsp3) is 0.125. The summed E-state index contributed by atoms with van der Waals surface area (Å²) in [6, 6.07) is 9.77. The molecule has 0 spiro atoms. The van der Waals surface area contributed by atoms with Crippen LogP contribution in [0.15, 0.2) is 24.3 Å². The van der Waals surface area contributed by atoms with Gasteiger partial charge in [-0.25, -0.2) is 0 Å². The van der Waals surface area contributed by atoms with Crippen molar-refractivity contribution in [1.82, 2.24) is 0 Å². The third-order valence-corrected chi connectivity index (χ3v) is 2.68. The molecule has 0 aliphatic heterocycles. The first-order valence-corrected chi connectivity index (χ1v) is 6.62. The van der Waals surface area contributed by atoms with Gasteiger partial charge in [-0.05, 0) is 38.9 Å². The Morgan fingerprint density at radius 2 is 2.00 bits per heavy atom. The SMILES string of the molecule is N#Cc1ccc(CSI)cc1. The van der Waals surface area contributed by atoms with Crippen molar-refractivity contribution in [3.63, 3.8) is 0 Å². The van der Waals surface area contributed by atoms with Crippen molar-refractivity contribution in [3.05, 3.63) is 35.4 Å². The van der Waals surface area contributed by atoms with E-state index in [1.807, 2.05) is 24.3 Å². The number of nitrogens with zero attached hydrogens (tertiary/aromatic N) is 1. The van der Waals surface area contributed by atoms with Gasteiger partial charge in [-0.3, -0.25) is 0 Å². The monoisotopic (exact) mass is 275 g/mol. The first kappa shape index (κ1) is 8.88. The summed E-state index contributed by atoms with van der Waals surface area (Å²) < 4.78 is 0. The minimum absolute atomic E-state index is 0.729. The van der Waals surface area contributed by atoms with Gasteiger partial charge in [0.15, 0.2) is 0 Å². The molecule has 1 aromatic carbocycles. The largest absolute Gasteiger partial charge is 0.192 e. The van der Waals surface area contributed by atoms with Crippen molar-refractivity contribution in [3.8, 4) is 6.07 Å². The van der Waals surface area contributed by atoms with E-state index in [4.69, 9.17) is 5.26 Å². The number of rotatable bonds is 2. The summed E-state index contributed by atoms with van der Waals surface area (Å²) in [6.45, 7) is 0. The van der Waals surface area contributed by atoms with Gasteiger partial charge in [0.25, 0.3) is 0 Å². The van der Waals surface area contributed by atoms with Crippen LogP contribution in [-0.2, 0) is 5.75 Å². The molecule has 1 rings (SSSR count). The average Bonchev–Trinajstić information content (AvgIpc) is 2.07. The number of hydrogen-bond acceptors (Lipinski definition) is 2. The van der Waals surface area contributed by atoms with Crippen LogP contribution in [0.2, 0.25) is 0 Å². The summed E-state index contributed by atoms with van der Waals surface area (Å²) in [4.78, 5) is 0. The molecular formula is C8H6INS. The zero-order chi connectivity index (χ0) is 8.10. The Bertz CT molecular complexity index is 262. The van der Waals surface area contributed by atoms with Crippen LogP contribution in [0.5, 0.6) is 0 Å². The van der Waals surface area contributed by atoms with Gasteiger partial charge < -0.3 is 0 Å². The van der Waals surface area contributed by atoms with Crippen LogP contribution in [0.4, 0.5) is 0 Å². The molecule has 0 radical (unpaired) electrons. The van der Waals surface area contributed by atoms with Gasteiger partial charge in [0, 0.05) is 5.75 Å². The molecule has 11 heavy (non-hydrogen) atoms. The van der Waals surface area contributed by atoms with Gasteiger partial charge in [0.05, 0.1) is 11.6 Å². The lowest BCUT2D eigenvalue weighted by Crippen LogP contribution is -1.78. The van der Waals surface area contributed by atoms with E-state index in [-0.39, 0.29) is 0 Å². The molecule has 0 heterocycles. The molecule has 0 saturated heterocycles. The Morgan fingerprint density at radius 3 is 2.45 bits per heavy atom. The molecule has 0 aliphatic carbocycles. The third kappa shape index (κ3) is 2.72. The van der Waals surface area contributed by atoms with E-state index < -0.39 is 0 Å². The second kappa shape index (κ2) is 4.62. The molecule has 0 saturated carbocycles. The average molecular weight is 275 g/mol. The molecule has 0 unspecified atom stereocenters. The van der Waals surface area contributed by atoms with Crippen molar-refractivity contribution in [2.45, 2.75) is 5.75 Å². The maximum Gasteiger partial charge on any atom is 0.0991 e. The van der Waals surface area contributed by atoms with E-state index in [0.717, 1.165) is 11.3 Å². The zero-order valence-electron chi connectivity index (χ0n) is 5.75. The molecule has 0 amide bonds. The molecule has 1 aromatic rings. The van der Waals surface area contributed by atoms with Crippen LogP contribution in [0.3, 0.4) is 0 Å². The topological polar surface area (TPSA) is 23.8 Å². The molecule has 56 valence electrons. The Kier molecular flexibility index (Phi) is 3.73. The Morgan fingerprint density at radius 1 is 1.36 bits per heavy atom. The molecule has 0 N–H and O–H groups in total. The van der Waals surface area contributed by atoms with E-state index in [1.165, 1.54) is 5.56 Å². The molecule has 3 heteroatoms. The second-order valence-corrected chi connectivity index (χ2v) is 4.44. The van der Waals surface area contributed by atoms with Crippen molar-refractivity contribution in [2.24, 2.45) is 0 Å². The highest BCUT2D eigenvalue weighted by Crippen LogP contribution is 2.18. The van der Waals surface area contributed by atoms with Crippen molar-refractivity contribution in [1.29, 1.82) is 5.26 Å². The lowest BCUT2D eigenvalue weighted by atomic mass is 10.2. The Hall–Kier alpha value is -0.210. The molecule has 0 fully saturated rings. The number of nitriles is 1. The summed E-state index contributed by atoms with van der Waals surface area (Å²) >= 11 is 2.26. The summed E-state index contributed by atoms with van der Waals surface area (Å²) in [5, 5.41) is 8.50. The maximum atomic E-state index is 8.50. The highest BCUT2D eigenvalue weighted by atomic mass is 127. The summed E-state index contributed by atoms with van der Waals surface area (Å²) in [6.07, 6.45) is 0. The summed E-state index contributed by atoms with van der Waals surface area (Å²) in [7, 11) is 1.76. The predicted octanol–water partition coefficient (Wildman–Crippen LogP) is 3.14. The molecule has 0 aromatic heterocycles. The van der Waals surface area contributed by atoms with Gasteiger partial charge in [0.1, 0.15) is 0 Å². The first-order valence-electron chi connectivity index (χ1n) is 3.09. The third-order valence-electron chi connectivity index (χ3n) is 1.30. The number of benzene rings is 1. The molecule has 0 bridgehead atoms. The molecule has 0 aliphatic rings. The van der Waals surface area contributed by atoms with Crippen LogP contribution in [0.25, 0.3) is 0 Å². The van der Waals surface area contributed by atoms with Crippen LogP contribution in [0.1, 0.15) is 11.1 Å². The van der Waals surface area contributed by atoms with E-state index >= 15 is 0 Å². The van der Waals surface area contributed by atoms with Crippen LogP contribution < -0.4 is 0 Å². The van der Waals surface area contributed by atoms with Gasteiger partial charge in [0.2, 0.25) is 0 Å². The van der Waals surface area contributed by atoms with Crippen molar-refractivity contribution >= 4 is 30.1 Å². The Labute approximate surface area is 82.4 Å². The van der Waals surface area contributed by atoms with Gasteiger partial charge in [-0.15, -0.1) is 0 Å². The van der Waals surface area contributed by atoms with E-state index in [9.17, 15) is 0 Å². The van der Waals surface area contributed by atoms with Gasteiger partial charge in [-0.1, -0.05) is 21.1 Å². The van der Waals surface area contributed by atoms with E-state index in [2.05, 4.69) is 27.3 Å². The first-order chi connectivity index (χ1) is 5.36. The smallest absolute Gasteiger partial charge is 0.0991 e. The van der Waals surface area contributed by atoms with E-state index in [1.54, 1.807) is 8.93 Å². The minimum Gasteiger partial charge on any atom is -0.192 e. The fourth-order valence-corrected chi connectivity index (χ4v) is 2.14. The maximum absolute atomic E-state index is 8.50. The lowest BCUT2D eigenvalue weighted by Gasteiger charge is -1.95. The molecule has 0 atom stereocenters. The second-order valence-electron chi connectivity index (χ2n) is 2.06. The summed E-state index contributed by atoms with van der Waals surface area (Å²) in [5.41, 5.74) is 2.00. The predicted molar refractivity (Wildman–Crippen MR) is 56.5 cm³/mol. The highest BCUT2D eigenvalue weighted by molar-refractivity contribution is 14.2. The molecular weight excluding hydrogens is 269 g/mol. The number of hydrogen-bond donors (Lipinski definition) is 0. The minimum atomic E-state index is 0.729. The lowest BCUT2D eigenvalue weighted by molar-refractivity contribution is 1.40. The van der Waals surface area contributed by atoms with E-state index in [0.29, 0.717) is 0 Å². The van der Waals surface area contributed by atoms with Gasteiger partial charge >= 0.3 is 0 Å². The van der Waals surface area contributed by atoms with Crippen molar-refractivity contribution < 1.29 is 0 Å². The van der Waals surface area contributed by atoms with Crippen LogP contribution in [0, 0.1) is 11.3 Å². The molecule has 1 nitrogen and oxygen atoms in total. The van der Waals surface area contributed by atoms with Crippen LogP contribution in [-0.4, -0.2) is 0 Å². The fourth-order valence-electron chi connectivity index (χ4n) is 0.739. The Balaban J connectivity index is 2.76. The van der Waals surface area contributed by atoms with Crippen LogP contribution >= 0.6 is 30.1 Å². The standard InChI is InChI=1S/C8H6INS/c9-11-6-8-3-1-7(5-10)2-4-8/h1-4H,6H2. The van der Waals surface area contributed by atoms with Crippen molar-refractivity contribution in [2.75, 3.05) is 0 Å². The number of halogens is 1. The normalized spacial score (nSPS) is 9.09.